The zero-order chi connectivity index (χ0) is 13.9. The lowest BCUT2D eigenvalue weighted by Gasteiger charge is -2.21. The summed E-state index contributed by atoms with van der Waals surface area (Å²) in [6.07, 6.45) is 4.25. The minimum Gasteiger partial charge on any atom is -0.316 e. The molecule has 19 heavy (non-hydrogen) atoms. The number of carbonyl (C=O) groups is 1. The predicted molar refractivity (Wildman–Crippen MR) is 81.5 cm³/mol. The Kier molecular flexibility index (Phi) is 7.91. The molecular formula is C16H26N2O. The maximum absolute atomic E-state index is 12.1. The van der Waals surface area contributed by atoms with Gasteiger partial charge in [0.25, 0.3) is 0 Å². The molecule has 1 amide bonds. The van der Waals surface area contributed by atoms with Crippen LogP contribution in [0.5, 0.6) is 0 Å². The van der Waals surface area contributed by atoms with Gasteiger partial charge in [-0.2, -0.15) is 0 Å². The van der Waals surface area contributed by atoms with Crippen molar-refractivity contribution >= 4 is 11.6 Å². The fourth-order valence-corrected chi connectivity index (χ4v) is 2.07. The minimum absolute atomic E-state index is 0.191. The van der Waals surface area contributed by atoms with Gasteiger partial charge in [-0.3, -0.25) is 4.79 Å². The van der Waals surface area contributed by atoms with E-state index < -0.39 is 0 Å². The first-order chi connectivity index (χ1) is 9.29. The number of benzene rings is 1. The van der Waals surface area contributed by atoms with E-state index in [0.29, 0.717) is 6.42 Å². The summed E-state index contributed by atoms with van der Waals surface area (Å²) >= 11 is 0. The molecule has 0 atom stereocenters. The van der Waals surface area contributed by atoms with E-state index >= 15 is 0 Å². The number of hydrogen-bond donors (Lipinski definition) is 1. The second-order valence-corrected chi connectivity index (χ2v) is 4.68. The Morgan fingerprint density at radius 1 is 1.11 bits per heavy atom. The molecule has 0 aliphatic carbocycles. The monoisotopic (exact) mass is 262 g/mol. The van der Waals surface area contributed by atoms with Gasteiger partial charge in [0.1, 0.15) is 0 Å². The fourth-order valence-electron chi connectivity index (χ4n) is 2.07. The van der Waals surface area contributed by atoms with Crippen LogP contribution < -0.4 is 10.2 Å². The van der Waals surface area contributed by atoms with Crippen molar-refractivity contribution in [2.75, 3.05) is 24.5 Å². The van der Waals surface area contributed by atoms with Gasteiger partial charge < -0.3 is 10.2 Å². The van der Waals surface area contributed by atoms with Gasteiger partial charge in [0, 0.05) is 25.2 Å². The Bertz CT molecular complexity index is 351. The zero-order valence-corrected chi connectivity index (χ0v) is 12.2. The lowest BCUT2D eigenvalue weighted by molar-refractivity contribution is -0.118. The molecule has 1 N–H and O–H groups in total. The average molecular weight is 262 g/mol. The topological polar surface area (TPSA) is 32.3 Å². The number of carbonyl (C=O) groups excluding carboxylic acids is 1. The van der Waals surface area contributed by atoms with E-state index in [1.54, 1.807) is 0 Å². The standard InChI is InChI=1S/C16H26N2O/c1-3-5-9-13-17-14-12-16(19)18(4-2)15-10-7-6-8-11-15/h6-8,10-11,17H,3-5,9,12-14H2,1-2H3. The molecule has 0 saturated heterocycles. The molecule has 0 fully saturated rings. The fraction of sp³-hybridized carbons (Fsp3) is 0.562. The van der Waals surface area contributed by atoms with Crippen molar-refractivity contribution in [1.29, 1.82) is 0 Å². The molecule has 1 rings (SSSR count). The quantitative estimate of drug-likeness (QED) is 0.693. The van der Waals surface area contributed by atoms with Crippen LogP contribution in [0.15, 0.2) is 30.3 Å². The Hall–Kier alpha value is -1.35. The van der Waals surface area contributed by atoms with E-state index in [2.05, 4.69) is 12.2 Å². The summed E-state index contributed by atoms with van der Waals surface area (Å²) in [4.78, 5) is 14.0. The van der Waals surface area contributed by atoms with E-state index in [4.69, 9.17) is 0 Å². The SMILES string of the molecule is CCCCCNCCC(=O)N(CC)c1ccccc1. The Balaban J connectivity index is 2.31. The summed E-state index contributed by atoms with van der Waals surface area (Å²) < 4.78 is 0. The number of nitrogens with one attached hydrogen (secondary N) is 1. The smallest absolute Gasteiger partial charge is 0.228 e. The second-order valence-electron chi connectivity index (χ2n) is 4.68. The van der Waals surface area contributed by atoms with Crippen molar-refractivity contribution in [2.24, 2.45) is 0 Å². The average Bonchev–Trinajstić information content (AvgIpc) is 2.45. The highest BCUT2D eigenvalue weighted by atomic mass is 16.2. The maximum Gasteiger partial charge on any atom is 0.228 e. The Morgan fingerprint density at radius 3 is 2.47 bits per heavy atom. The van der Waals surface area contributed by atoms with E-state index in [0.717, 1.165) is 25.3 Å². The highest BCUT2D eigenvalue weighted by molar-refractivity contribution is 5.93. The van der Waals surface area contributed by atoms with Crippen molar-refractivity contribution < 1.29 is 4.79 Å². The molecule has 0 aliphatic heterocycles. The zero-order valence-electron chi connectivity index (χ0n) is 12.2. The molecule has 0 spiro atoms. The molecule has 1 aromatic rings. The van der Waals surface area contributed by atoms with Gasteiger partial charge in [-0.1, -0.05) is 38.0 Å². The van der Waals surface area contributed by atoms with Gasteiger partial charge in [-0.15, -0.1) is 0 Å². The molecule has 106 valence electrons. The normalized spacial score (nSPS) is 10.4. The summed E-state index contributed by atoms with van der Waals surface area (Å²) in [5, 5.41) is 3.33. The number of nitrogens with zero attached hydrogens (tertiary/aromatic N) is 1. The summed E-state index contributed by atoms with van der Waals surface area (Å²) in [6.45, 7) is 6.71. The van der Waals surface area contributed by atoms with Gasteiger partial charge in [-0.25, -0.2) is 0 Å². The molecule has 0 saturated carbocycles. The van der Waals surface area contributed by atoms with Crippen LogP contribution in [-0.4, -0.2) is 25.5 Å². The number of hydrogen-bond acceptors (Lipinski definition) is 2. The van der Waals surface area contributed by atoms with Gasteiger partial charge in [0.2, 0.25) is 5.91 Å². The molecule has 0 aromatic heterocycles. The van der Waals surface area contributed by atoms with E-state index in [1.165, 1.54) is 19.3 Å². The van der Waals surface area contributed by atoms with Crippen LogP contribution in [0.4, 0.5) is 5.69 Å². The van der Waals surface area contributed by atoms with Crippen LogP contribution in [0.1, 0.15) is 39.5 Å². The first-order valence-corrected chi connectivity index (χ1v) is 7.35. The third-order valence-corrected chi connectivity index (χ3v) is 3.16. The number of amides is 1. The first-order valence-electron chi connectivity index (χ1n) is 7.35. The van der Waals surface area contributed by atoms with Crippen LogP contribution in [0, 0.1) is 0 Å². The van der Waals surface area contributed by atoms with Crippen LogP contribution in [-0.2, 0) is 4.79 Å². The van der Waals surface area contributed by atoms with Crippen LogP contribution in [0.2, 0.25) is 0 Å². The van der Waals surface area contributed by atoms with E-state index in [1.807, 2.05) is 42.2 Å². The van der Waals surface area contributed by atoms with Crippen LogP contribution in [0.25, 0.3) is 0 Å². The highest BCUT2D eigenvalue weighted by Gasteiger charge is 2.12. The molecule has 0 bridgehead atoms. The van der Waals surface area contributed by atoms with Gasteiger partial charge in [0.05, 0.1) is 0 Å². The number of para-hydroxylation sites is 1. The molecular weight excluding hydrogens is 236 g/mol. The number of rotatable bonds is 9. The molecule has 0 unspecified atom stereocenters. The second kappa shape index (κ2) is 9.56. The largest absolute Gasteiger partial charge is 0.316 e. The number of anilines is 1. The summed E-state index contributed by atoms with van der Waals surface area (Å²) in [5.74, 6) is 0.191. The van der Waals surface area contributed by atoms with Gasteiger partial charge >= 0.3 is 0 Å². The van der Waals surface area contributed by atoms with Crippen molar-refractivity contribution in [3.63, 3.8) is 0 Å². The van der Waals surface area contributed by atoms with Crippen molar-refractivity contribution in [2.45, 2.75) is 39.5 Å². The van der Waals surface area contributed by atoms with Gasteiger partial charge in [0.15, 0.2) is 0 Å². The minimum atomic E-state index is 0.191. The van der Waals surface area contributed by atoms with Crippen LogP contribution in [0.3, 0.4) is 0 Å². The third kappa shape index (κ3) is 5.88. The highest BCUT2D eigenvalue weighted by Crippen LogP contribution is 2.13. The summed E-state index contributed by atoms with van der Waals surface area (Å²) in [5.41, 5.74) is 0.987. The predicted octanol–water partition coefficient (Wildman–Crippen LogP) is 3.21. The number of unbranched alkanes of at least 4 members (excludes halogenated alkanes) is 2. The van der Waals surface area contributed by atoms with E-state index in [-0.39, 0.29) is 5.91 Å². The maximum atomic E-state index is 12.1. The summed E-state index contributed by atoms with van der Waals surface area (Å²) in [6, 6.07) is 9.87. The van der Waals surface area contributed by atoms with Crippen molar-refractivity contribution in [3.05, 3.63) is 30.3 Å². The lowest BCUT2D eigenvalue weighted by atomic mass is 10.2. The Labute approximate surface area is 117 Å². The third-order valence-electron chi connectivity index (χ3n) is 3.16. The molecule has 0 heterocycles. The molecule has 0 aliphatic rings. The first kappa shape index (κ1) is 15.7. The van der Waals surface area contributed by atoms with Crippen molar-refractivity contribution in [3.8, 4) is 0 Å². The van der Waals surface area contributed by atoms with E-state index in [9.17, 15) is 4.79 Å². The van der Waals surface area contributed by atoms with Crippen molar-refractivity contribution in [1.82, 2.24) is 5.32 Å². The van der Waals surface area contributed by atoms with Crippen LogP contribution >= 0.6 is 0 Å². The lowest BCUT2D eigenvalue weighted by Crippen LogP contribution is -2.33. The molecule has 1 aromatic carbocycles. The molecule has 0 radical (unpaired) electrons. The molecule has 3 nitrogen and oxygen atoms in total. The summed E-state index contributed by atoms with van der Waals surface area (Å²) in [7, 11) is 0. The molecule has 3 heteroatoms. The van der Waals surface area contributed by atoms with Gasteiger partial charge in [-0.05, 0) is 32.0 Å². The Morgan fingerprint density at radius 2 is 1.84 bits per heavy atom.